The minimum atomic E-state index is 0. The fourth-order valence-electron chi connectivity index (χ4n) is 0.261. The van der Waals surface area contributed by atoms with Gasteiger partial charge in [-0.2, -0.15) is 5.70 Å². The number of nitrogens with zero attached hydrogens (tertiary/aromatic N) is 2. The van der Waals surface area contributed by atoms with Gasteiger partial charge in [-0.05, 0) is 6.92 Å². The Labute approximate surface area is 77.3 Å². The van der Waals surface area contributed by atoms with Crippen LogP contribution in [0.25, 0.3) is 10.7 Å². The molecule has 0 saturated heterocycles. The fraction of sp³-hybridized carbons (Fsp3) is 0.571. The van der Waals surface area contributed by atoms with Crippen LogP contribution in [0.4, 0.5) is 0 Å². The Hall–Kier alpha value is -0.128. The molecule has 0 aliphatic heterocycles. The fourth-order valence-corrected chi connectivity index (χ4v) is 0.261. The molecule has 0 amide bonds. The molecule has 3 heteroatoms. The van der Waals surface area contributed by atoms with Gasteiger partial charge < -0.3 is 10.7 Å². The van der Waals surface area contributed by atoms with Crippen molar-refractivity contribution < 1.29 is 20.4 Å². The van der Waals surface area contributed by atoms with Gasteiger partial charge in [-0.1, -0.05) is 13.8 Å². The summed E-state index contributed by atoms with van der Waals surface area (Å²) < 4.78 is 0. The maximum atomic E-state index is 8.24. The molecule has 0 spiro atoms. The van der Waals surface area contributed by atoms with Crippen LogP contribution in [0.2, 0.25) is 0 Å². The number of allylic oxidation sites excluding steroid dienone is 2. The Kier molecular flexibility index (Phi) is 26.2. The molecular formula is C7H14N2Pd. The van der Waals surface area contributed by atoms with Crippen molar-refractivity contribution in [3.63, 3.8) is 0 Å². The van der Waals surface area contributed by atoms with Gasteiger partial charge in [0.15, 0.2) is 0 Å². The van der Waals surface area contributed by atoms with Crippen LogP contribution in [0.1, 0.15) is 20.8 Å². The van der Waals surface area contributed by atoms with Crippen LogP contribution in [-0.4, -0.2) is 13.3 Å². The summed E-state index contributed by atoms with van der Waals surface area (Å²) in [5, 5.41) is 11.9. The van der Waals surface area contributed by atoms with Gasteiger partial charge in [0, 0.05) is 0 Å². The van der Waals surface area contributed by atoms with E-state index < -0.39 is 0 Å². The van der Waals surface area contributed by atoms with E-state index in [9.17, 15) is 0 Å². The number of hydrogen-bond acceptors (Lipinski definition) is 0. The van der Waals surface area contributed by atoms with Gasteiger partial charge in [-0.25, -0.2) is 6.21 Å². The van der Waals surface area contributed by atoms with E-state index >= 15 is 0 Å². The van der Waals surface area contributed by atoms with E-state index in [1.807, 2.05) is 20.8 Å². The van der Waals surface area contributed by atoms with Crippen molar-refractivity contribution >= 4 is 6.21 Å². The SMILES string of the molecule is C/C=C(/C=[N-])[N-]C.CC.[Pd+2]. The Balaban J connectivity index is -0.000000149. The molecule has 0 bridgehead atoms. The molecule has 0 saturated carbocycles. The summed E-state index contributed by atoms with van der Waals surface area (Å²) >= 11 is 0. The summed E-state index contributed by atoms with van der Waals surface area (Å²) in [5.41, 5.74) is 0.611. The molecule has 0 aromatic rings. The van der Waals surface area contributed by atoms with Gasteiger partial charge in [0.25, 0.3) is 0 Å². The summed E-state index contributed by atoms with van der Waals surface area (Å²) in [6.07, 6.45) is 2.69. The summed E-state index contributed by atoms with van der Waals surface area (Å²) in [6.45, 7) is 5.81. The minimum absolute atomic E-state index is 0. The van der Waals surface area contributed by atoms with E-state index in [-0.39, 0.29) is 20.4 Å². The maximum Gasteiger partial charge on any atom is 2.00 e. The van der Waals surface area contributed by atoms with Gasteiger partial charge in [0.1, 0.15) is 0 Å². The first-order valence-electron chi connectivity index (χ1n) is 3.08. The zero-order valence-electron chi connectivity index (χ0n) is 6.87. The first-order chi connectivity index (χ1) is 4.35. The van der Waals surface area contributed by atoms with E-state index in [1.54, 1.807) is 13.1 Å². The molecule has 62 valence electrons. The molecule has 0 fully saturated rings. The van der Waals surface area contributed by atoms with E-state index in [0.717, 1.165) is 6.21 Å². The molecule has 0 atom stereocenters. The second-order valence-electron chi connectivity index (χ2n) is 1.07. The Morgan fingerprint density at radius 3 is 1.80 bits per heavy atom. The molecule has 10 heavy (non-hydrogen) atoms. The average molecular weight is 233 g/mol. The van der Waals surface area contributed by atoms with Crippen LogP contribution in [0, 0.1) is 0 Å². The summed E-state index contributed by atoms with van der Waals surface area (Å²) in [4.78, 5) is 0. The predicted molar refractivity (Wildman–Crippen MR) is 43.8 cm³/mol. The quantitative estimate of drug-likeness (QED) is 0.518. The topological polar surface area (TPSA) is 36.4 Å². The van der Waals surface area contributed by atoms with Crippen molar-refractivity contribution in [3.8, 4) is 0 Å². The smallest absolute Gasteiger partial charge is 0.812 e. The Bertz CT molecular complexity index is 89.6. The van der Waals surface area contributed by atoms with Crippen LogP contribution in [0.3, 0.4) is 0 Å². The zero-order valence-corrected chi connectivity index (χ0v) is 8.42. The van der Waals surface area contributed by atoms with Crippen LogP contribution in [0.15, 0.2) is 11.8 Å². The van der Waals surface area contributed by atoms with Gasteiger partial charge in [0.05, 0.1) is 0 Å². The van der Waals surface area contributed by atoms with Crippen molar-refractivity contribution in [2.75, 3.05) is 7.05 Å². The number of rotatable bonds is 2. The Morgan fingerprint density at radius 1 is 1.40 bits per heavy atom. The van der Waals surface area contributed by atoms with E-state index in [2.05, 4.69) is 5.32 Å². The summed E-state index contributed by atoms with van der Waals surface area (Å²) in [5.74, 6) is 0. The van der Waals surface area contributed by atoms with Crippen molar-refractivity contribution in [3.05, 3.63) is 22.5 Å². The molecule has 0 N–H and O–H groups in total. The largest absolute Gasteiger partial charge is 2.00 e. The van der Waals surface area contributed by atoms with E-state index in [1.165, 1.54) is 0 Å². The van der Waals surface area contributed by atoms with Crippen molar-refractivity contribution in [1.29, 1.82) is 0 Å². The van der Waals surface area contributed by atoms with Gasteiger partial charge in [-0.15, -0.1) is 13.1 Å². The molecule has 0 rings (SSSR count). The predicted octanol–water partition coefficient (Wildman–Crippen LogP) is 2.56. The van der Waals surface area contributed by atoms with Crippen LogP contribution in [0.5, 0.6) is 0 Å². The monoisotopic (exact) mass is 232 g/mol. The zero-order chi connectivity index (χ0) is 7.70. The molecule has 0 aromatic heterocycles. The molecule has 0 aromatic carbocycles. The molecule has 2 nitrogen and oxygen atoms in total. The van der Waals surface area contributed by atoms with E-state index in [0.29, 0.717) is 5.70 Å². The Morgan fingerprint density at radius 2 is 1.80 bits per heavy atom. The van der Waals surface area contributed by atoms with Crippen LogP contribution in [-0.2, 0) is 20.4 Å². The van der Waals surface area contributed by atoms with Crippen molar-refractivity contribution in [1.82, 2.24) is 0 Å². The molecule has 0 aliphatic rings. The molecule has 0 aliphatic carbocycles. The summed E-state index contributed by atoms with van der Waals surface area (Å²) in [7, 11) is 1.63. The van der Waals surface area contributed by atoms with Crippen LogP contribution < -0.4 is 0 Å². The second kappa shape index (κ2) is 15.9. The van der Waals surface area contributed by atoms with Gasteiger partial charge >= 0.3 is 20.4 Å². The summed E-state index contributed by atoms with van der Waals surface area (Å²) in [6, 6.07) is 0. The van der Waals surface area contributed by atoms with Gasteiger partial charge in [0.2, 0.25) is 0 Å². The second-order valence-corrected chi connectivity index (χ2v) is 1.07. The number of hydrogen-bond donors (Lipinski definition) is 0. The van der Waals surface area contributed by atoms with E-state index in [4.69, 9.17) is 5.41 Å². The normalized spacial score (nSPS) is 8.20. The molecule has 0 radical (unpaired) electrons. The third kappa shape index (κ3) is 10.8. The third-order valence-corrected chi connectivity index (χ3v) is 0.686. The first kappa shape index (κ1) is 16.5. The van der Waals surface area contributed by atoms with Crippen molar-refractivity contribution in [2.45, 2.75) is 20.8 Å². The maximum absolute atomic E-state index is 8.24. The molecular weight excluding hydrogens is 219 g/mol. The van der Waals surface area contributed by atoms with Crippen molar-refractivity contribution in [2.24, 2.45) is 0 Å². The third-order valence-electron chi connectivity index (χ3n) is 0.686. The molecule has 0 unspecified atom stereocenters. The standard InChI is InChI=1S/C5H8N2.C2H6.Pd/c1-3-5(4-6)7-2;1-2;/h3-4H,1-2H3;1-2H3;/q-2;;+2/b5-3-;;. The average Bonchev–Trinajstić information content (AvgIpc) is 1.96. The molecule has 0 heterocycles. The van der Waals surface area contributed by atoms with Crippen LogP contribution >= 0.6 is 0 Å². The minimum Gasteiger partial charge on any atom is -0.812 e. The first-order valence-corrected chi connectivity index (χ1v) is 3.08. The van der Waals surface area contributed by atoms with Gasteiger partial charge in [-0.3, -0.25) is 0 Å².